The fourth-order valence-corrected chi connectivity index (χ4v) is 2.60. The maximum Gasteiger partial charge on any atom is 0.141 e. The van der Waals surface area contributed by atoms with E-state index in [1.165, 1.54) is 11.6 Å². The van der Waals surface area contributed by atoms with Crippen molar-refractivity contribution in [1.29, 1.82) is 0 Å². The first-order chi connectivity index (χ1) is 9.58. The quantitative estimate of drug-likeness (QED) is 0.824. The molecule has 1 N–H and O–H groups in total. The molecule has 0 saturated carbocycles. The van der Waals surface area contributed by atoms with Crippen LogP contribution in [0.25, 0.3) is 0 Å². The Hall–Kier alpha value is -0.900. The maximum absolute atomic E-state index is 13.2. The molecular formula is C16H16BrClFN. The summed E-state index contributed by atoms with van der Waals surface area (Å²) in [5.74, 6) is -0.371. The molecular weight excluding hydrogens is 341 g/mol. The molecule has 4 heteroatoms. The number of likely N-dealkylation sites (N-methyl/N-ethyl adjacent to an activating group) is 1. The van der Waals surface area contributed by atoms with Gasteiger partial charge in [0.05, 0.1) is 5.02 Å². The summed E-state index contributed by atoms with van der Waals surface area (Å²) in [6.45, 7) is 0. The Morgan fingerprint density at radius 2 is 1.70 bits per heavy atom. The van der Waals surface area contributed by atoms with Crippen molar-refractivity contribution in [3.05, 3.63) is 68.9 Å². The molecule has 2 aromatic rings. The third-order valence-electron chi connectivity index (χ3n) is 3.27. The molecule has 106 valence electrons. The molecule has 1 atom stereocenters. The van der Waals surface area contributed by atoms with Gasteiger partial charge in [-0.2, -0.15) is 0 Å². The zero-order chi connectivity index (χ0) is 14.5. The molecule has 0 heterocycles. The molecule has 1 unspecified atom stereocenters. The highest BCUT2D eigenvalue weighted by atomic mass is 79.9. The molecule has 2 rings (SSSR count). The van der Waals surface area contributed by atoms with Crippen LogP contribution < -0.4 is 5.32 Å². The lowest BCUT2D eigenvalue weighted by Crippen LogP contribution is -2.29. The fraction of sp³-hybridized carbons (Fsp3) is 0.250. The average molecular weight is 357 g/mol. The molecule has 0 aliphatic heterocycles. The van der Waals surface area contributed by atoms with Gasteiger partial charge in [-0.1, -0.05) is 45.7 Å². The second-order valence-corrected chi connectivity index (χ2v) is 6.09. The van der Waals surface area contributed by atoms with Crippen molar-refractivity contribution in [1.82, 2.24) is 5.32 Å². The summed E-state index contributed by atoms with van der Waals surface area (Å²) in [6.07, 6.45) is 1.73. The van der Waals surface area contributed by atoms with Crippen molar-refractivity contribution < 1.29 is 4.39 Å². The van der Waals surface area contributed by atoms with Crippen molar-refractivity contribution in [2.24, 2.45) is 0 Å². The topological polar surface area (TPSA) is 12.0 Å². The van der Waals surface area contributed by atoms with E-state index < -0.39 is 0 Å². The lowest BCUT2D eigenvalue weighted by molar-refractivity contribution is 0.555. The predicted octanol–water partition coefficient (Wildman–Crippen LogP) is 4.61. The summed E-state index contributed by atoms with van der Waals surface area (Å²) in [5.41, 5.74) is 2.30. The fourth-order valence-electron chi connectivity index (χ4n) is 2.13. The van der Waals surface area contributed by atoms with E-state index in [0.717, 1.165) is 22.9 Å². The van der Waals surface area contributed by atoms with Gasteiger partial charge in [-0.15, -0.1) is 0 Å². The molecule has 0 aliphatic rings. The molecule has 0 aliphatic carbocycles. The number of hydrogen-bond donors (Lipinski definition) is 1. The third-order valence-corrected chi connectivity index (χ3v) is 4.09. The highest BCUT2D eigenvalue weighted by Crippen LogP contribution is 2.18. The van der Waals surface area contributed by atoms with Gasteiger partial charge in [0.1, 0.15) is 5.82 Å². The average Bonchev–Trinajstić information content (AvgIpc) is 2.44. The van der Waals surface area contributed by atoms with Crippen LogP contribution in [0.5, 0.6) is 0 Å². The maximum atomic E-state index is 13.2. The minimum absolute atomic E-state index is 0.181. The van der Waals surface area contributed by atoms with Crippen molar-refractivity contribution in [2.45, 2.75) is 18.9 Å². The number of benzene rings is 2. The summed E-state index contributed by atoms with van der Waals surface area (Å²) >= 11 is 9.25. The second-order valence-electron chi connectivity index (χ2n) is 4.77. The Morgan fingerprint density at radius 3 is 2.30 bits per heavy atom. The molecule has 2 aromatic carbocycles. The van der Waals surface area contributed by atoms with E-state index >= 15 is 0 Å². The monoisotopic (exact) mass is 355 g/mol. The highest BCUT2D eigenvalue weighted by molar-refractivity contribution is 9.10. The van der Waals surface area contributed by atoms with Crippen molar-refractivity contribution in [3.63, 3.8) is 0 Å². The van der Waals surface area contributed by atoms with Crippen molar-refractivity contribution in [3.8, 4) is 0 Å². The van der Waals surface area contributed by atoms with Gasteiger partial charge >= 0.3 is 0 Å². The summed E-state index contributed by atoms with van der Waals surface area (Å²) in [4.78, 5) is 0. The molecule has 0 amide bonds. The molecule has 0 saturated heterocycles. The molecule has 20 heavy (non-hydrogen) atoms. The van der Waals surface area contributed by atoms with Crippen LogP contribution in [0.2, 0.25) is 5.02 Å². The Labute approximate surface area is 132 Å². The number of hydrogen-bond acceptors (Lipinski definition) is 1. The van der Waals surface area contributed by atoms with Crippen LogP contribution in [-0.2, 0) is 12.8 Å². The SMILES string of the molecule is CNC(Cc1ccc(Br)cc1)Cc1ccc(F)c(Cl)c1. The van der Waals surface area contributed by atoms with Gasteiger partial charge in [-0.25, -0.2) is 4.39 Å². The van der Waals surface area contributed by atoms with Crippen LogP contribution in [-0.4, -0.2) is 13.1 Å². The van der Waals surface area contributed by atoms with Crippen LogP contribution in [0.1, 0.15) is 11.1 Å². The summed E-state index contributed by atoms with van der Waals surface area (Å²) < 4.78 is 14.2. The molecule has 0 radical (unpaired) electrons. The minimum atomic E-state index is -0.371. The normalized spacial score (nSPS) is 12.4. The van der Waals surface area contributed by atoms with Gasteiger partial charge in [0.15, 0.2) is 0 Å². The smallest absolute Gasteiger partial charge is 0.141 e. The second kappa shape index (κ2) is 7.21. The first kappa shape index (κ1) is 15.5. The van der Waals surface area contributed by atoms with Gasteiger partial charge in [-0.3, -0.25) is 0 Å². The zero-order valence-corrected chi connectivity index (χ0v) is 13.5. The van der Waals surface area contributed by atoms with E-state index in [1.807, 2.05) is 19.2 Å². The zero-order valence-electron chi connectivity index (χ0n) is 11.2. The van der Waals surface area contributed by atoms with Crippen LogP contribution in [0.4, 0.5) is 4.39 Å². The van der Waals surface area contributed by atoms with Crippen LogP contribution in [0, 0.1) is 5.82 Å². The van der Waals surface area contributed by atoms with Gasteiger partial charge in [0.25, 0.3) is 0 Å². The first-order valence-electron chi connectivity index (χ1n) is 6.44. The highest BCUT2D eigenvalue weighted by Gasteiger charge is 2.10. The summed E-state index contributed by atoms with van der Waals surface area (Å²) in [5, 5.41) is 3.48. The first-order valence-corrected chi connectivity index (χ1v) is 7.61. The summed E-state index contributed by atoms with van der Waals surface area (Å²) in [6, 6.07) is 13.5. The molecule has 0 fully saturated rings. The van der Waals surface area contributed by atoms with E-state index in [-0.39, 0.29) is 16.9 Å². The number of rotatable bonds is 5. The van der Waals surface area contributed by atoms with Crippen LogP contribution in [0.3, 0.4) is 0 Å². The largest absolute Gasteiger partial charge is 0.316 e. The lowest BCUT2D eigenvalue weighted by Gasteiger charge is -2.16. The van der Waals surface area contributed by atoms with Crippen molar-refractivity contribution in [2.75, 3.05) is 7.05 Å². The van der Waals surface area contributed by atoms with E-state index in [0.29, 0.717) is 0 Å². The number of halogens is 3. The van der Waals surface area contributed by atoms with Gasteiger partial charge < -0.3 is 5.32 Å². The molecule has 0 bridgehead atoms. The molecule has 0 spiro atoms. The van der Waals surface area contributed by atoms with E-state index in [9.17, 15) is 4.39 Å². The molecule has 1 nitrogen and oxygen atoms in total. The van der Waals surface area contributed by atoms with Crippen LogP contribution in [0.15, 0.2) is 46.9 Å². The lowest BCUT2D eigenvalue weighted by atomic mass is 9.99. The van der Waals surface area contributed by atoms with Gasteiger partial charge in [-0.05, 0) is 55.3 Å². The van der Waals surface area contributed by atoms with Crippen molar-refractivity contribution >= 4 is 27.5 Å². The van der Waals surface area contributed by atoms with E-state index in [2.05, 4.69) is 33.4 Å². The number of nitrogens with one attached hydrogen (secondary N) is 1. The predicted molar refractivity (Wildman–Crippen MR) is 85.8 cm³/mol. The van der Waals surface area contributed by atoms with Gasteiger partial charge in [0.2, 0.25) is 0 Å². The molecule has 0 aromatic heterocycles. The van der Waals surface area contributed by atoms with Gasteiger partial charge in [0, 0.05) is 10.5 Å². The Kier molecular flexibility index (Phi) is 5.58. The minimum Gasteiger partial charge on any atom is -0.316 e. The third kappa shape index (κ3) is 4.30. The Balaban J connectivity index is 2.04. The standard InChI is InChI=1S/C16H16BrClFN/c1-20-14(8-11-2-5-13(17)6-3-11)9-12-4-7-16(19)15(18)10-12/h2-7,10,14,20H,8-9H2,1H3. The Morgan fingerprint density at radius 1 is 1.10 bits per heavy atom. The van der Waals surface area contributed by atoms with E-state index in [1.54, 1.807) is 12.1 Å². The Bertz CT molecular complexity index is 571. The van der Waals surface area contributed by atoms with E-state index in [4.69, 9.17) is 11.6 Å². The van der Waals surface area contributed by atoms with Crippen LogP contribution >= 0.6 is 27.5 Å². The summed E-state index contributed by atoms with van der Waals surface area (Å²) in [7, 11) is 1.94.